The van der Waals surface area contributed by atoms with E-state index >= 15 is 0 Å². The zero-order chi connectivity index (χ0) is 33.5. The van der Waals surface area contributed by atoms with Crippen LogP contribution in [0.3, 0.4) is 0 Å². The van der Waals surface area contributed by atoms with Crippen molar-refractivity contribution in [2.45, 2.75) is 65.1 Å². The minimum atomic E-state index is -1.10. The molecule has 0 unspecified atom stereocenters. The van der Waals surface area contributed by atoms with Gasteiger partial charge >= 0.3 is 0 Å². The number of aliphatic hydroxyl groups is 1. The quantitative estimate of drug-likeness (QED) is 0.170. The molecule has 3 aromatic carbocycles. The highest BCUT2D eigenvalue weighted by Crippen LogP contribution is 2.16. The Morgan fingerprint density at radius 1 is 0.891 bits per heavy atom. The zero-order valence-electron chi connectivity index (χ0n) is 27.3. The smallest absolute Gasteiger partial charge is 0.253 e. The van der Waals surface area contributed by atoms with E-state index in [0.717, 1.165) is 30.9 Å². The van der Waals surface area contributed by atoms with Gasteiger partial charge in [0, 0.05) is 48.9 Å². The molecule has 0 heterocycles. The summed E-state index contributed by atoms with van der Waals surface area (Å²) in [6.45, 7) is 8.27. The lowest BCUT2D eigenvalue weighted by Crippen LogP contribution is -2.48. The summed E-state index contributed by atoms with van der Waals surface area (Å²) in [6.07, 6.45) is 1.36. The maximum Gasteiger partial charge on any atom is 0.253 e. The molecule has 0 bridgehead atoms. The molecule has 4 N–H and O–H groups in total. The number of aryl methyl sites for hydroxylation is 1. The fourth-order valence-electron chi connectivity index (χ4n) is 5.21. The Morgan fingerprint density at radius 3 is 2.22 bits per heavy atom. The van der Waals surface area contributed by atoms with Gasteiger partial charge in [0.05, 0.1) is 18.7 Å². The van der Waals surface area contributed by atoms with Crippen molar-refractivity contribution in [1.82, 2.24) is 20.9 Å². The largest absolute Gasteiger partial charge is 0.390 e. The number of hydrogen-bond donors (Lipinski definition) is 4. The van der Waals surface area contributed by atoms with Gasteiger partial charge in [-0.2, -0.15) is 0 Å². The van der Waals surface area contributed by atoms with Crippen molar-refractivity contribution in [2.75, 3.05) is 33.2 Å². The molecule has 0 aliphatic rings. The lowest BCUT2D eigenvalue weighted by Gasteiger charge is -2.25. The molecule has 0 saturated carbocycles. The van der Waals surface area contributed by atoms with Crippen LogP contribution in [0.15, 0.2) is 60.7 Å². The number of halogens is 2. The molecule has 0 radical (unpaired) electrons. The third-order valence-electron chi connectivity index (χ3n) is 7.46. The molecular weight excluding hydrogens is 586 g/mol. The van der Waals surface area contributed by atoms with Crippen molar-refractivity contribution in [3.8, 4) is 11.8 Å². The topological polar surface area (TPSA) is 93.7 Å². The standard InChI is InChI=1S/C37H46F2N4O3/c1-5-14-43(15-6-2)37(46)31-18-27(12-9-13-40-4)17-30(22-31)36(45)42-34(21-29-19-32(38)23-33(39)20-29)35(44)25-41-24-28-11-8-10-26(7-3)16-28/h8,10-11,16-20,22-23,34-35,40-41,44H,5-7,13-15,21,24-25H2,1-4H3,(H,42,45)/t34-,35+/m0/s1. The molecule has 0 fully saturated rings. The second kappa shape index (κ2) is 18.8. The Bertz CT molecular complexity index is 1490. The van der Waals surface area contributed by atoms with Gasteiger partial charge in [-0.25, -0.2) is 8.78 Å². The number of nitrogens with zero attached hydrogens (tertiary/aromatic N) is 1. The molecule has 246 valence electrons. The molecule has 2 amide bonds. The fourth-order valence-corrected chi connectivity index (χ4v) is 5.21. The van der Waals surface area contributed by atoms with Crippen molar-refractivity contribution in [1.29, 1.82) is 0 Å². The molecule has 9 heteroatoms. The minimum absolute atomic E-state index is 0.0250. The summed E-state index contributed by atoms with van der Waals surface area (Å²) in [6, 6.07) is 15.2. The summed E-state index contributed by atoms with van der Waals surface area (Å²) < 4.78 is 28.1. The van der Waals surface area contributed by atoms with Gasteiger partial charge in [-0.3, -0.25) is 9.59 Å². The second-order valence-electron chi connectivity index (χ2n) is 11.4. The molecular formula is C37H46F2N4O3. The number of amides is 2. The minimum Gasteiger partial charge on any atom is -0.390 e. The Morgan fingerprint density at radius 2 is 1.57 bits per heavy atom. The average molecular weight is 633 g/mol. The van der Waals surface area contributed by atoms with E-state index in [1.165, 1.54) is 23.8 Å². The van der Waals surface area contributed by atoms with Crippen LogP contribution in [0.4, 0.5) is 8.78 Å². The zero-order valence-corrected chi connectivity index (χ0v) is 27.3. The van der Waals surface area contributed by atoms with Crippen LogP contribution in [0.5, 0.6) is 0 Å². The van der Waals surface area contributed by atoms with Gasteiger partial charge in [0.1, 0.15) is 11.6 Å². The van der Waals surface area contributed by atoms with E-state index in [0.29, 0.717) is 37.3 Å². The van der Waals surface area contributed by atoms with Crippen LogP contribution in [0, 0.1) is 23.5 Å². The monoisotopic (exact) mass is 632 g/mol. The third kappa shape index (κ3) is 11.4. The van der Waals surface area contributed by atoms with E-state index in [4.69, 9.17) is 0 Å². The van der Waals surface area contributed by atoms with Crippen LogP contribution in [-0.2, 0) is 19.4 Å². The van der Waals surface area contributed by atoms with E-state index in [9.17, 15) is 23.5 Å². The van der Waals surface area contributed by atoms with Crippen LogP contribution >= 0.6 is 0 Å². The lowest BCUT2D eigenvalue weighted by molar-refractivity contribution is 0.0755. The number of rotatable bonds is 16. The van der Waals surface area contributed by atoms with Crippen molar-refractivity contribution < 1.29 is 23.5 Å². The van der Waals surface area contributed by atoms with Crippen molar-refractivity contribution in [3.05, 3.63) is 106 Å². The number of hydrogen-bond acceptors (Lipinski definition) is 5. The molecule has 0 aliphatic carbocycles. The van der Waals surface area contributed by atoms with Gasteiger partial charge in [-0.15, -0.1) is 0 Å². The molecule has 2 atom stereocenters. The van der Waals surface area contributed by atoms with Crippen molar-refractivity contribution in [3.63, 3.8) is 0 Å². The third-order valence-corrected chi connectivity index (χ3v) is 7.46. The summed E-state index contributed by atoms with van der Waals surface area (Å²) in [5, 5.41) is 20.3. The number of aliphatic hydroxyl groups excluding tert-OH is 1. The molecule has 0 aliphatic heterocycles. The highest BCUT2D eigenvalue weighted by atomic mass is 19.1. The molecule has 3 rings (SSSR count). The van der Waals surface area contributed by atoms with E-state index in [1.807, 2.05) is 32.0 Å². The fraction of sp³-hybridized carbons (Fsp3) is 0.405. The van der Waals surface area contributed by atoms with Gasteiger partial charge in [0.2, 0.25) is 0 Å². The van der Waals surface area contributed by atoms with Crippen LogP contribution < -0.4 is 16.0 Å². The second-order valence-corrected chi connectivity index (χ2v) is 11.4. The van der Waals surface area contributed by atoms with Gasteiger partial charge in [0.25, 0.3) is 11.8 Å². The summed E-state index contributed by atoms with van der Waals surface area (Å²) >= 11 is 0. The normalized spacial score (nSPS) is 12.2. The van der Waals surface area contributed by atoms with Gasteiger partial charge < -0.3 is 26.0 Å². The van der Waals surface area contributed by atoms with Gasteiger partial charge in [-0.1, -0.05) is 56.9 Å². The highest BCUT2D eigenvalue weighted by molar-refractivity contribution is 6.00. The summed E-state index contributed by atoms with van der Waals surface area (Å²) in [7, 11) is 1.77. The predicted octanol–water partition coefficient (Wildman–Crippen LogP) is 4.85. The average Bonchev–Trinajstić information content (AvgIpc) is 3.03. The SMILES string of the molecule is CCCN(CCC)C(=O)c1cc(C#CCNC)cc(C(=O)N[C@@H](Cc2cc(F)cc(F)c2)[C@H](O)CNCc2cccc(CC)c2)c1. The van der Waals surface area contributed by atoms with Gasteiger partial charge in [0.15, 0.2) is 0 Å². The molecule has 0 spiro atoms. The molecule has 3 aromatic rings. The number of carbonyl (C=O) groups excluding carboxylic acids is 2. The van der Waals surface area contributed by atoms with Crippen LogP contribution in [0.1, 0.15) is 76.6 Å². The number of carbonyl (C=O) groups is 2. The Hall–Kier alpha value is -4.10. The maximum atomic E-state index is 14.1. The van der Waals surface area contributed by atoms with Crippen LogP contribution in [0.25, 0.3) is 0 Å². The first-order chi connectivity index (χ1) is 22.2. The predicted molar refractivity (Wildman–Crippen MR) is 179 cm³/mol. The molecule has 0 aromatic heterocycles. The number of benzene rings is 3. The van der Waals surface area contributed by atoms with E-state index in [-0.39, 0.29) is 30.0 Å². The first-order valence-electron chi connectivity index (χ1n) is 16.0. The van der Waals surface area contributed by atoms with E-state index < -0.39 is 29.7 Å². The Balaban J connectivity index is 1.90. The van der Waals surface area contributed by atoms with Gasteiger partial charge in [-0.05, 0) is 79.8 Å². The Kier molecular flexibility index (Phi) is 14.8. The molecule has 7 nitrogen and oxygen atoms in total. The molecule has 46 heavy (non-hydrogen) atoms. The lowest BCUT2D eigenvalue weighted by atomic mass is 9.99. The summed E-state index contributed by atoms with van der Waals surface area (Å²) in [5.74, 6) is 3.75. The van der Waals surface area contributed by atoms with E-state index in [1.54, 1.807) is 24.1 Å². The molecule has 0 saturated heterocycles. The van der Waals surface area contributed by atoms with Crippen molar-refractivity contribution in [2.24, 2.45) is 0 Å². The van der Waals surface area contributed by atoms with E-state index in [2.05, 4.69) is 40.8 Å². The van der Waals surface area contributed by atoms with Crippen LogP contribution in [-0.4, -0.2) is 67.2 Å². The first-order valence-corrected chi connectivity index (χ1v) is 16.0. The maximum absolute atomic E-state index is 14.1. The number of nitrogens with one attached hydrogen (secondary N) is 3. The summed E-state index contributed by atoms with van der Waals surface area (Å²) in [5.41, 5.74) is 3.56. The highest BCUT2D eigenvalue weighted by Gasteiger charge is 2.24. The first kappa shape index (κ1) is 36.4. The summed E-state index contributed by atoms with van der Waals surface area (Å²) in [4.78, 5) is 29.0. The van der Waals surface area contributed by atoms with Crippen LogP contribution in [0.2, 0.25) is 0 Å². The van der Waals surface area contributed by atoms with Crippen molar-refractivity contribution >= 4 is 11.8 Å². The Labute approximate surface area is 271 Å².